The second-order valence-electron chi connectivity index (χ2n) is 4.53. The zero-order valence-corrected chi connectivity index (χ0v) is 12.5. The first-order valence-corrected chi connectivity index (χ1v) is 6.92. The number of anilines is 1. The number of nitrogens with zero attached hydrogens (tertiary/aromatic N) is 1. The SMILES string of the molecule is CN(C(=O)COc1ccc(Cl)cc1)c1ccccc1CN. The Labute approximate surface area is 129 Å². The third-order valence-corrected chi connectivity index (χ3v) is 3.37. The lowest BCUT2D eigenvalue weighted by molar-refractivity contribution is -0.120. The summed E-state index contributed by atoms with van der Waals surface area (Å²) in [4.78, 5) is 13.7. The van der Waals surface area contributed by atoms with Crippen LogP contribution in [-0.4, -0.2) is 19.6 Å². The fourth-order valence-corrected chi connectivity index (χ4v) is 2.04. The summed E-state index contributed by atoms with van der Waals surface area (Å²) in [7, 11) is 1.71. The summed E-state index contributed by atoms with van der Waals surface area (Å²) < 4.78 is 5.46. The van der Waals surface area contributed by atoms with Crippen molar-refractivity contribution < 1.29 is 9.53 Å². The van der Waals surface area contributed by atoms with Crippen molar-refractivity contribution in [1.82, 2.24) is 0 Å². The van der Waals surface area contributed by atoms with Crippen LogP contribution in [0.15, 0.2) is 48.5 Å². The third-order valence-electron chi connectivity index (χ3n) is 3.12. The van der Waals surface area contributed by atoms with Gasteiger partial charge in [-0.2, -0.15) is 0 Å². The van der Waals surface area contributed by atoms with E-state index in [0.29, 0.717) is 17.3 Å². The van der Waals surface area contributed by atoms with Crippen LogP contribution in [0.2, 0.25) is 5.02 Å². The Kier molecular flexibility index (Phi) is 5.20. The molecule has 0 fully saturated rings. The number of hydrogen-bond donors (Lipinski definition) is 1. The molecule has 0 aliphatic carbocycles. The molecule has 5 heteroatoms. The van der Waals surface area contributed by atoms with Crippen molar-refractivity contribution in [2.75, 3.05) is 18.6 Å². The molecular formula is C16H17ClN2O2. The lowest BCUT2D eigenvalue weighted by atomic mass is 10.1. The molecular weight excluding hydrogens is 288 g/mol. The van der Waals surface area contributed by atoms with Gasteiger partial charge >= 0.3 is 0 Å². The van der Waals surface area contributed by atoms with E-state index in [-0.39, 0.29) is 12.5 Å². The summed E-state index contributed by atoms with van der Waals surface area (Å²) in [5.41, 5.74) is 7.40. The lowest BCUT2D eigenvalue weighted by Crippen LogP contribution is -2.32. The largest absolute Gasteiger partial charge is 0.484 e. The van der Waals surface area contributed by atoms with Gasteiger partial charge in [-0.3, -0.25) is 4.79 Å². The van der Waals surface area contributed by atoms with Crippen molar-refractivity contribution in [2.24, 2.45) is 5.73 Å². The van der Waals surface area contributed by atoms with Crippen LogP contribution < -0.4 is 15.4 Å². The van der Waals surface area contributed by atoms with Crippen LogP contribution in [0.5, 0.6) is 5.75 Å². The van der Waals surface area contributed by atoms with Crippen LogP contribution in [0.4, 0.5) is 5.69 Å². The molecule has 1 amide bonds. The van der Waals surface area contributed by atoms with Crippen molar-refractivity contribution in [3.8, 4) is 5.75 Å². The molecule has 0 atom stereocenters. The second-order valence-corrected chi connectivity index (χ2v) is 4.96. The molecule has 0 heterocycles. The maximum absolute atomic E-state index is 12.2. The van der Waals surface area contributed by atoms with E-state index in [2.05, 4.69) is 0 Å². The zero-order chi connectivity index (χ0) is 15.2. The van der Waals surface area contributed by atoms with E-state index in [9.17, 15) is 4.79 Å². The molecule has 0 radical (unpaired) electrons. The molecule has 0 saturated heterocycles. The maximum Gasteiger partial charge on any atom is 0.264 e. The Balaban J connectivity index is 2.01. The van der Waals surface area contributed by atoms with Crippen molar-refractivity contribution in [3.63, 3.8) is 0 Å². The Morgan fingerprint density at radius 2 is 1.86 bits per heavy atom. The van der Waals surface area contributed by atoms with Crippen LogP contribution in [0.25, 0.3) is 0 Å². The predicted octanol–water partition coefficient (Wildman–Crippen LogP) is 2.84. The van der Waals surface area contributed by atoms with Gasteiger partial charge in [-0.25, -0.2) is 0 Å². The summed E-state index contributed by atoms with van der Waals surface area (Å²) in [5.74, 6) is 0.458. The Hall–Kier alpha value is -2.04. The monoisotopic (exact) mass is 304 g/mol. The van der Waals surface area contributed by atoms with Crippen LogP contribution >= 0.6 is 11.6 Å². The van der Waals surface area contributed by atoms with E-state index in [1.165, 1.54) is 0 Å². The molecule has 0 aliphatic heterocycles. The van der Waals surface area contributed by atoms with Gasteiger partial charge in [0.2, 0.25) is 0 Å². The van der Waals surface area contributed by atoms with Crippen molar-refractivity contribution in [2.45, 2.75) is 6.54 Å². The zero-order valence-electron chi connectivity index (χ0n) is 11.8. The van der Waals surface area contributed by atoms with Crippen LogP contribution in [0.1, 0.15) is 5.56 Å². The minimum absolute atomic E-state index is 0.0446. The summed E-state index contributed by atoms with van der Waals surface area (Å²) in [5, 5.41) is 0.627. The van der Waals surface area contributed by atoms with Gasteiger partial charge in [0.25, 0.3) is 5.91 Å². The first kappa shape index (κ1) is 15.4. The number of para-hydroxylation sites is 1. The number of ether oxygens (including phenoxy) is 1. The lowest BCUT2D eigenvalue weighted by Gasteiger charge is -2.20. The van der Waals surface area contributed by atoms with Gasteiger partial charge in [-0.05, 0) is 35.9 Å². The highest BCUT2D eigenvalue weighted by atomic mass is 35.5. The van der Waals surface area contributed by atoms with Gasteiger partial charge < -0.3 is 15.4 Å². The molecule has 4 nitrogen and oxygen atoms in total. The number of amides is 1. The van der Waals surface area contributed by atoms with Gasteiger partial charge in [0, 0.05) is 24.3 Å². The maximum atomic E-state index is 12.2. The summed E-state index contributed by atoms with van der Waals surface area (Å²) in [6, 6.07) is 14.4. The molecule has 110 valence electrons. The number of carbonyl (C=O) groups is 1. The van der Waals surface area contributed by atoms with Gasteiger partial charge in [-0.15, -0.1) is 0 Å². The van der Waals surface area contributed by atoms with E-state index in [4.69, 9.17) is 22.1 Å². The number of likely N-dealkylation sites (N-methyl/N-ethyl adjacent to an activating group) is 1. The molecule has 21 heavy (non-hydrogen) atoms. The number of carbonyl (C=O) groups excluding carboxylic acids is 1. The first-order chi connectivity index (χ1) is 10.1. The quantitative estimate of drug-likeness (QED) is 0.924. The number of rotatable bonds is 5. The minimum atomic E-state index is -0.147. The van der Waals surface area contributed by atoms with E-state index in [1.54, 1.807) is 36.2 Å². The number of nitrogens with two attached hydrogens (primary N) is 1. The first-order valence-electron chi connectivity index (χ1n) is 6.54. The van der Waals surface area contributed by atoms with Crippen LogP contribution in [0, 0.1) is 0 Å². The van der Waals surface area contributed by atoms with Gasteiger partial charge in [0.05, 0.1) is 0 Å². The molecule has 2 aromatic carbocycles. The summed E-state index contributed by atoms with van der Waals surface area (Å²) >= 11 is 5.80. The number of halogens is 1. The molecule has 0 aliphatic rings. The highest BCUT2D eigenvalue weighted by molar-refractivity contribution is 6.30. The highest BCUT2D eigenvalue weighted by Gasteiger charge is 2.14. The average Bonchev–Trinajstić information content (AvgIpc) is 2.53. The van der Waals surface area contributed by atoms with Crippen molar-refractivity contribution >= 4 is 23.2 Å². The molecule has 0 unspecified atom stereocenters. The van der Waals surface area contributed by atoms with E-state index >= 15 is 0 Å². The van der Waals surface area contributed by atoms with Gasteiger partial charge in [0.15, 0.2) is 6.61 Å². The fourth-order valence-electron chi connectivity index (χ4n) is 1.92. The average molecular weight is 305 g/mol. The molecule has 2 rings (SSSR count). The highest BCUT2D eigenvalue weighted by Crippen LogP contribution is 2.19. The van der Waals surface area contributed by atoms with Gasteiger partial charge in [0.1, 0.15) is 5.75 Å². The predicted molar refractivity (Wildman–Crippen MR) is 84.7 cm³/mol. The normalized spacial score (nSPS) is 10.2. The number of hydrogen-bond acceptors (Lipinski definition) is 3. The fraction of sp³-hybridized carbons (Fsp3) is 0.188. The van der Waals surface area contributed by atoms with E-state index in [0.717, 1.165) is 11.3 Å². The van der Waals surface area contributed by atoms with E-state index < -0.39 is 0 Å². The summed E-state index contributed by atoms with van der Waals surface area (Å²) in [6.07, 6.45) is 0. The second kappa shape index (κ2) is 7.11. The Bertz CT molecular complexity index is 614. The molecule has 2 N–H and O–H groups in total. The van der Waals surface area contributed by atoms with E-state index in [1.807, 2.05) is 24.3 Å². The Morgan fingerprint density at radius 3 is 2.52 bits per heavy atom. The van der Waals surface area contributed by atoms with Crippen molar-refractivity contribution in [1.29, 1.82) is 0 Å². The molecule has 0 aromatic heterocycles. The van der Waals surface area contributed by atoms with Crippen molar-refractivity contribution in [3.05, 3.63) is 59.1 Å². The van der Waals surface area contributed by atoms with Crippen LogP contribution in [-0.2, 0) is 11.3 Å². The van der Waals surface area contributed by atoms with Gasteiger partial charge in [-0.1, -0.05) is 29.8 Å². The Morgan fingerprint density at radius 1 is 1.19 bits per heavy atom. The number of benzene rings is 2. The molecule has 0 saturated carbocycles. The standard InChI is InChI=1S/C16H17ClN2O2/c1-19(15-5-3-2-4-12(15)10-18)16(20)11-21-14-8-6-13(17)7-9-14/h2-9H,10-11,18H2,1H3. The third kappa shape index (κ3) is 3.97. The summed E-state index contributed by atoms with van der Waals surface area (Å²) in [6.45, 7) is 0.336. The van der Waals surface area contributed by atoms with Crippen LogP contribution in [0.3, 0.4) is 0 Å². The molecule has 2 aromatic rings. The topological polar surface area (TPSA) is 55.6 Å². The minimum Gasteiger partial charge on any atom is -0.484 e. The molecule has 0 bridgehead atoms. The smallest absolute Gasteiger partial charge is 0.264 e. The molecule has 0 spiro atoms.